The number of carbonyl (C=O) groups is 2. The summed E-state index contributed by atoms with van der Waals surface area (Å²) >= 11 is 13.2. The Morgan fingerprint density at radius 2 is 1.78 bits per heavy atom. The SMILES string of the molecule is COCCCN1C(=O)S/C(=C/c2cc(C)n(-c3ccc(OCc4ccc(Cl)cc4Cl)cc3)c2C)C1=O. The Bertz CT molecular complexity index is 1320. The lowest BCUT2D eigenvalue weighted by Gasteiger charge is -2.12. The number of ether oxygens (including phenoxy) is 2. The standard InChI is InChI=1S/C27H26Cl2N2O4S/c1-17-13-20(14-25-26(32)30(27(33)36-25)11-4-12-34-3)18(2)31(17)22-7-9-23(10-8-22)35-16-19-5-6-21(28)15-24(19)29/h5-10,13-15H,4,11-12,16H2,1-3H3/b25-14+. The second-order valence-electron chi connectivity index (χ2n) is 8.36. The average Bonchev–Trinajstić information content (AvgIpc) is 3.27. The van der Waals surface area contributed by atoms with Gasteiger partial charge in [0.2, 0.25) is 0 Å². The van der Waals surface area contributed by atoms with E-state index in [1.54, 1.807) is 25.3 Å². The highest BCUT2D eigenvalue weighted by atomic mass is 35.5. The second kappa shape index (κ2) is 11.6. The Hall–Kier alpha value is -2.71. The average molecular weight is 545 g/mol. The number of amides is 2. The van der Waals surface area contributed by atoms with Crippen LogP contribution in [0.2, 0.25) is 10.0 Å². The molecule has 2 heterocycles. The lowest BCUT2D eigenvalue weighted by Crippen LogP contribution is -2.29. The number of halogens is 2. The molecule has 2 aromatic carbocycles. The summed E-state index contributed by atoms with van der Waals surface area (Å²) in [6.07, 6.45) is 2.41. The van der Waals surface area contributed by atoms with E-state index in [9.17, 15) is 9.59 Å². The van der Waals surface area contributed by atoms with E-state index in [1.165, 1.54) is 4.90 Å². The Morgan fingerprint density at radius 1 is 1.03 bits per heavy atom. The number of methoxy groups -OCH3 is 1. The van der Waals surface area contributed by atoms with Gasteiger partial charge in [-0.2, -0.15) is 0 Å². The van der Waals surface area contributed by atoms with Crippen LogP contribution >= 0.6 is 35.0 Å². The van der Waals surface area contributed by atoms with Crippen molar-refractivity contribution in [2.75, 3.05) is 20.3 Å². The molecule has 0 unspecified atom stereocenters. The fourth-order valence-corrected chi connectivity index (χ4v) is 5.34. The molecule has 1 aliphatic rings. The first kappa shape index (κ1) is 26.4. The molecule has 0 bridgehead atoms. The maximum absolute atomic E-state index is 12.8. The van der Waals surface area contributed by atoms with Gasteiger partial charge in [-0.1, -0.05) is 29.3 Å². The number of hydrogen-bond donors (Lipinski definition) is 0. The Kier molecular flexibility index (Phi) is 8.46. The summed E-state index contributed by atoms with van der Waals surface area (Å²) in [5.41, 5.74) is 4.71. The van der Waals surface area contributed by atoms with Gasteiger partial charge in [-0.05, 0) is 86.1 Å². The quantitative estimate of drug-likeness (QED) is 0.213. The highest BCUT2D eigenvalue weighted by molar-refractivity contribution is 8.18. The number of thioether (sulfide) groups is 1. The molecule has 0 N–H and O–H groups in total. The molecular formula is C27H26Cl2N2O4S. The van der Waals surface area contributed by atoms with Crippen LogP contribution in [0.3, 0.4) is 0 Å². The predicted molar refractivity (Wildman–Crippen MR) is 145 cm³/mol. The molecule has 1 aromatic heterocycles. The second-order valence-corrected chi connectivity index (χ2v) is 10.2. The van der Waals surface area contributed by atoms with Gasteiger partial charge >= 0.3 is 0 Å². The molecule has 1 fully saturated rings. The molecule has 9 heteroatoms. The van der Waals surface area contributed by atoms with Crippen molar-refractivity contribution in [2.24, 2.45) is 0 Å². The lowest BCUT2D eigenvalue weighted by atomic mass is 10.2. The third-order valence-corrected chi connectivity index (χ3v) is 7.36. The molecule has 0 radical (unpaired) electrons. The first-order valence-corrected chi connectivity index (χ1v) is 13.0. The van der Waals surface area contributed by atoms with E-state index in [1.807, 2.05) is 50.2 Å². The first-order chi connectivity index (χ1) is 17.3. The number of carbonyl (C=O) groups excluding carboxylic acids is 2. The number of imide groups is 1. The summed E-state index contributed by atoms with van der Waals surface area (Å²) in [6, 6.07) is 15.1. The van der Waals surface area contributed by atoms with Crippen molar-refractivity contribution in [3.8, 4) is 11.4 Å². The molecule has 4 rings (SSSR count). The summed E-state index contributed by atoms with van der Waals surface area (Å²) in [7, 11) is 1.60. The van der Waals surface area contributed by atoms with E-state index in [2.05, 4.69) is 4.57 Å². The number of benzene rings is 2. The summed E-state index contributed by atoms with van der Waals surface area (Å²) in [5.74, 6) is 0.461. The highest BCUT2D eigenvalue weighted by Crippen LogP contribution is 2.34. The molecule has 3 aromatic rings. The van der Waals surface area contributed by atoms with Gasteiger partial charge in [-0.25, -0.2) is 0 Å². The smallest absolute Gasteiger partial charge is 0.293 e. The third-order valence-electron chi connectivity index (χ3n) is 5.87. The van der Waals surface area contributed by atoms with Crippen molar-refractivity contribution in [2.45, 2.75) is 26.9 Å². The zero-order valence-corrected chi connectivity index (χ0v) is 22.5. The summed E-state index contributed by atoms with van der Waals surface area (Å²) in [4.78, 5) is 26.8. The van der Waals surface area contributed by atoms with Crippen molar-refractivity contribution in [1.29, 1.82) is 0 Å². The van der Waals surface area contributed by atoms with Crippen molar-refractivity contribution in [1.82, 2.24) is 9.47 Å². The monoisotopic (exact) mass is 544 g/mol. The minimum Gasteiger partial charge on any atom is -0.489 e. The zero-order chi connectivity index (χ0) is 25.8. The molecule has 188 valence electrons. The van der Waals surface area contributed by atoms with Gasteiger partial charge in [0.15, 0.2) is 0 Å². The van der Waals surface area contributed by atoms with Crippen LogP contribution in [-0.4, -0.2) is 40.9 Å². The fraction of sp³-hybridized carbons (Fsp3) is 0.259. The lowest BCUT2D eigenvalue weighted by molar-refractivity contribution is -0.122. The van der Waals surface area contributed by atoms with E-state index < -0.39 is 0 Å². The normalized spacial score (nSPS) is 14.8. The van der Waals surface area contributed by atoms with Crippen molar-refractivity contribution >= 4 is 52.2 Å². The van der Waals surface area contributed by atoms with Gasteiger partial charge in [0.05, 0.1) is 4.91 Å². The number of rotatable bonds is 9. The minimum atomic E-state index is -0.256. The maximum atomic E-state index is 12.8. The first-order valence-electron chi connectivity index (χ1n) is 11.4. The van der Waals surface area contributed by atoms with Crippen molar-refractivity contribution < 1.29 is 19.1 Å². The highest BCUT2D eigenvalue weighted by Gasteiger charge is 2.34. The van der Waals surface area contributed by atoms with E-state index in [0.717, 1.165) is 45.7 Å². The van der Waals surface area contributed by atoms with Crippen LogP contribution in [0, 0.1) is 13.8 Å². The van der Waals surface area contributed by atoms with E-state index in [0.29, 0.717) is 41.1 Å². The van der Waals surface area contributed by atoms with Crippen LogP contribution in [0.5, 0.6) is 5.75 Å². The van der Waals surface area contributed by atoms with E-state index in [-0.39, 0.29) is 11.1 Å². The van der Waals surface area contributed by atoms with Crippen LogP contribution in [0.1, 0.15) is 28.9 Å². The molecule has 0 spiro atoms. The predicted octanol–water partition coefficient (Wildman–Crippen LogP) is 7.05. The summed E-state index contributed by atoms with van der Waals surface area (Å²) in [5, 5.41) is 0.909. The number of aryl methyl sites for hydroxylation is 1. The number of aromatic nitrogens is 1. The molecule has 0 saturated carbocycles. The number of nitrogens with zero attached hydrogens (tertiary/aromatic N) is 2. The van der Waals surface area contributed by atoms with Gasteiger partial charge in [0, 0.05) is 52.9 Å². The molecule has 0 aliphatic carbocycles. The molecule has 0 atom stereocenters. The molecule has 36 heavy (non-hydrogen) atoms. The van der Waals surface area contributed by atoms with Gasteiger partial charge in [-0.15, -0.1) is 0 Å². The van der Waals surface area contributed by atoms with E-state index >= 15 is 0 Å². The Balaban J connectivity index is 1.48. The largest absolute Gasteiger partial charge is 0.489 e. The van der Waals surface area contributed by atoms with Gasteiger partial charge in [0.1, 0.15) is 12.4 Å². The summed E-state index contributed by atoms with van der Waals surface area (Å²) < 4.78 is 13.0. The molecule has 1 saturated heterocycles. The molecule has 6 nitrogen and oxygen atoms in total. The summed E-state index contributed by atoms with van der Waals surface area (Å²) in [6.45, 7) is 5.19. The van der Waals surface area contributed by atoms with Gasteiger partial charge < -0.3 is 14.0 Å². The molecular weight excluding hydrogens is 519 g/mol. The fourth-order valence-electron chi connectivity index (χ4n) is 4.02. The molecule has 2 amide bonds. The van der Waals surface area contributed by atoms with Crippen molar-refractivity contribution in [3.63, 3.8) is 0 Å². The zero-order valence-electron chi connectivity index (χ0n) is 20.2. The topological polar surface area (TPSA) is 60.8 Å². The van der Waals surface area contributed by atoms with Crippen LogP contribution in [0.15, 0.2) is 53.4 Å². The minimum absolute atomic E-state index is 0.244. The molecule has 1 aliphatic heterocycles. The van der Waals surface area contributed by atoms with Crippen LogP contribution in [0.4, 0.5) is 4.79 Å². The Morgan fingerprint density at radius 3 is 2.47 bits per heavy atom. The maximum Gasteiger partial charge on any atom is 0.293 e. The number of hydrogen-bond acceptors (Lipinski definition) is 5. The van der Waals surface area contributed by atoms with Crippen LogP contribution in [-0.2, 0) is 16.1 Å². The third kappa shape index (κ3) is 5.81. The van der Waals surface area contributed by atoms with Crippen LogP contribution in [0.25, 0.3) is 11.8 Å². The van der Waals surface area contributed by atoms with Crippen molar-refractivity contribution in [3.05, 3.63) is 86.0 Å². The van der Waals surface area contributed by atoms with E-state index in [4.69, 9.17) is 32.7 Å². The Labute approximate surface area is 224 Å². The van der Waals surface area contributed by atoms with Gasteiger partial charge in [0.25, 0.3) is 11.1 Å². The van der Waals surface area contributed by atoms with Crippen LogP contribution < -0.4 is 4.74 Å². The van der Waals surface area contributed by atoms with Gasteiger partial charge in [-0.3, -0.25) is 14.5 Å².